The van der Waals surface area contributed by atoms with E-state index in [1.54, 1.807) is 29.6 Å². The Kier molecular flexibility index (Phi) is 7.76. The number of hydrogen-bond donors (Lipinski definition) is 0. The molecule has 3 aromatic rings. The van der Waals surface area contributed by atoms with Gasteiger partial charge in [0.05, 0.1) is 22.7 Å². The molecule has 1 aliphatic heterocycles. The maximum atomic E-state index is 13.3. The quantitative estimate of drug-likeness (QED) is 0.351. The summed E-state index contributed by atoms with van der Waals surface area (Å²) in [5.41, 5.74) is 1.50. The van der Waals surface area contributed by atoms with Crippen LogP contribution in [0.2, 0.25) is 10.0 Å². The first-order valence-corrected chi connectivity index (χ1v) is 12.5. The number of alkyl halides is 3. The highest BCUT2D eigenvalue weighted by molar-refractivity contribution is 6.37. The van der Waals surface area contributed by atoms with Crippen LogP contribution in [0.5, 0.6) is 0 Å². The Morgan fingerprint density at radius 3 is 2.49 bits per heavy atom. The smallest absolute Gasteiger partial charge is 0.416 e. The summed E-state index contributed by atoms with van der Waals surface area (Å²) in [6, 6.07) is 2.25. The largest absolute Gasteiger partial charge is 0.469 e. The second-order valence-electron chi connectivity index (χ2n) is 9.39. The van der Waals surface area contributed by atoms with Gasteiger partial charge in [-0.15, -0.1) is 0 Å². The van der Waals surface area contributed by atoms with Crippen molar-refractivity contribution >= 4 is 46.0 Å². The Hall–Kier alpha value is -2.78. The van der Waals surface area contributed by atoms with E-state index in [-0.39, 0.29) is 40.0 Å². The molecule has 1 saturated heterocycles. The predicted octanol–water partition coefficient (Wildman–Crippen LogP) is 6.21. The molecule has 1 fully saturated rings. The summed E-state index contributed by atoms with van der Waals surface area (Å²) in [5.74, 6) is -0.452. The van der Waals surface area contributed by atoms with Gasteiger partial charge in [-0.3, -0.25) is 9.59 Å². The van der Waals surface area contributed by atoms with E-state index in [0.717, 1.165) is 17.7 Å². The number of rotatable bonds is 5. The number of benzene rings is 1. The Balaban J connectivity index is 1.61. The van der Waals surface area contributed by atoms with Gasteiger partial charge in [-0.05, 0) is 54.5 Å². The van der Waals surface area contributed by atoms with E-state index in [1.165, 1.54) is 13.3 Å². The molecule has 0 radical (unpaired) electrons. The standard InChI is InChI=1S/C26H26Cl2F3N3O3/c1-14-8-17(26(29,30)31)11-20-22(14)16(13-33(20)2)10-18-19(27)12-32-24(23(18)28)25(36)34-6-4-15(5-7-34)9-21(35)37-3/h8,11-13,15H,4-7,9-10H2,1-3H3. The zero-order valence-corrected chi connectivity index (χ0v) is 22.1. The number of fused-ring (bicyclic) bond motifs is 1. The lowest BCUT2D eigenvalue weighted by atomic mass is 9.93. The summed E-state index contributed by atoms with van der Waals surface area (Å²) in [5, 5.41) is 1.07. The molecule has 1 aromatic carbocycles. The Morgan fingerprint density at radius 2 is 1.86 bits per heavy atom. The molecule has 1 amide bonds. The SMILES string of the molecule is COC(=O)CC1CCN(C(=O)c2ncc(Cl)c(Cc3cn(C)c4cc(C(F)(F)F)cc(C)c34)c2Cl)CC1. The van der Waals surface area contributed by atoms with E-state index in [2.05, 4.69) is 4.98 Å². The molecule has 11 heteroatoms. The highest BCUT2D eigenvalue weighted by atomic mass is 35.5. The van der Waals surface area contributed by atoms with Crippen LogP contribution >= 0.6 is 23.2 Å². The second-order valence-corrected chi connectivity index (χ2v) is 10.2. The first-order chi connectivity index (χ1) is 17.4. The fraction of sp³-hybridized carbons (Fsp3) is 0.423. The molecular formula is C26H26Cl2F3N3O3. The van der Waals surface area contributed by atoms with Gasteiger partial charge < -0.3 is 14.2 Å². The van der Waals surface area contributed by atoms with Gasteiger partial charge in [0.2, 0.25) is 0 Å². The average molecular weight is 556 g/mol. The minimum Gasteiger partial charge on any atom is -0.469 e. The number of esters is 1. The first-order valence-electron chi connectivity index (χ1n) is 11.7. The van der Waals surface area contributed by atoms with Gasteiger partial charge in [0, 0.05) is 56.3 Å². The van der Waals surface area contributed by atoms with Crippen molar-refractivity contribution in [3.63, 3.8) is 0 Å². The van der Waals surface area contributed by atoms with Crippen LogP contribution in [0.3, 0.4) is 0 Å². The Morgan fingerprint density at radius 1 is 1.19 bits per heavy atom. The lowest BCUT2D eigenvalue weighted by Crippen LogP contribution is -2.39. The van der Waals surface area contributed by atoms with Gasteiger partial charge in [0.15, 0.2) is 0 Å². The number of amides is 1. The predicted molar refractivity (Wildman–Crippen MR) is 135 cm³/mol. The van der Waals surface area contributed by atoms with Crippen molar-refractivity contribution in [2.24, 2.45) is 13.0 Å². The summed E-state index contributed by atoms with van der Waals surface area (Å²) in [6.45, 7) is 2.55. The lowest BCUT2D eigenvalue weighted by Gasteiger charge is -2.31. The summed E-state index contributed by atoms with van der Waals surface area (Å²) in [4.78, 5) is 30.7. The highest BCUT2D eigenvalue weighted by Gasteiger charge is 2.32. The summed E-state index contributed by atoms with van der Waals surface area (Å²) >= 11 is 13.1. The minimum absolute atomic E-state index is 0.0730. The van der Waals surface area contributed by atoms with Gasteiger partial charge in [-0.2, -0.15) is 13.2 Å². The van der Waals surface area contributed by atoms with Crippen molar-refractivity contribution in [3.05, 3.63) is 62.5 Å². The maximum Gasteiger partial charge on any atom is 0.416 e. The van der Waals surface area contributed by atoms with Crippen molar-refractivity contribution in [1.29, 1.82) is 0 Å². The van der Waals surface area contributed by atoms with Crippen LogP contribution in [0, 0.1) is 12.8 Å². The summed E-state index contributed by atoms with van der Waals surface area (Å²) < 4.78 is 46.4. The molecule has 0 aliphatic carbocycles. The van der Waals surface area contributed by atoms with Gasteiger partial charge >= 0.3 is 12.1 Å². The van der Waals surface area contributed by atoms with Crippen molar-refractivity contribution < 1.29 is 27.5 Å². The molecule has 0 saturated carbocycles. The molecule has 0 unspecified atom stereocenters. The van der Waals surface area contributed by atoms with E-state index >= 15 is 0 Å². The number of pyridine rings is 1. The molecule has 37 heavy (non-hydrogen) atoms. The van der Waals surface area contributed by atoms with Gasteiger partial charge in [0.25, 0.3) is 5.91 Å². The zero-order valence-electron chi connectivity index (χ0n) is 20.6. The topological polar surface area (TPSA) is 64.4 Å². The van der Waals surface area contributed by atoms with Crippen molar-refractivity contribution in [2.45, 2.75) is 38.8 Å². The Labute approximate surface area is 222 Å². The van der Waals surface area contributed by atoms with Crippen LogP contribution in [-0.2, 0) is 29.2 Å². The number of aryl methyl sites for hydroxylation is 2. The van der Waals surface area contributed by atoms with Crippen molar-refractivity contribution in [1.82, 2.24) is 14.5 Å². The summed E-state index contributed by atoms with van der Waals surface area (Å²) in [7, 11) is 3.03. The third-order valence-corrected chi connectivity index (χ3v) is 7.65. The number of likely N-dealkylation sites (tertiary alicyclic amines) is 1. The molecular weight excluding hydrogens is 530 g/mol. The van der Waals surface area contributed by atoms with Crippen molar-refractivity contribution in [2.75, 3.05) is 20.2 Å². The van der Waals surface area contributed by atoms with Gasteiger partial charge in [-0.25, -0.2) is 4.98 Å². The second kappa shape index (κ2) is 10.5. The minimum atomic E-state index is -4.45. The number of hydrogen-bond acceptors (Lipinski definition) is 4. The maximum absolute atomic E-state index is 13.3. The molecule has 2 aromatic heterocycles. The van der Waals surface area contributed by atoms with Crippen LogP contribution < -0.4 is 0 Å². The van der Waals surface area contributed by atoms with Crippen LogP contribution in [-0.4, -0.2) is 46.5 Å². The highest BCUT2D eigenvalue weighted by Crippen LogP contribution is 2.37. The third kappa shape index (κ3) is 5.57. The fourth-order valence-electron chi connectivity index (χ4n) is 4.94. The number of carbonyl (C=O) groups excluding carboxylic acids is 2. The Bertz CT molecular complexity index is 1360. The van der Waals surface area contributed by atoms with E-state index in [1.807, 2.05) is 0 Å². The number of piperidine rings is 1. The molecule has 0 spiro atoms. The van der Waals surface area contributed by atoms with E-state index < -0.39 is 11.7 Å². The monoisotopic (exact) mass is 555 g/mol. The van der Waals surface area contributed by atoms with E-state index in [4.69, 9.17) is 27.9 Å². The number of methoxy groups -OCH3 is 1. The fourth-order valence-corrected chi connectivity index (χ4v) is 5.50. The summed E-state index contributed by atoms with van der Waals surface area (Å²) in [6.07, 6.45) is 0.521. The molecule has 3 heterocycles. The number of ether oxygens (including phenoxy) is 1. The van der Waals surface area contributed by atoms with Crippen LogP contribution in [0.25, 0.3) is 10.9 Å². The first kappa shape index (κ1) is 27.3. The van der Waals surface area contributed by atoms with Crippen LogP contribution in [0.1, 0.15) is 52.0 Å². The van der Waals surface area contributed by atoms with Crippen LogP contribution in [0.4, 0.5) is 13.2 Å². The number of nitrogens with zero attached hydrogens (tertiary/aromatic N) is 3. The van der Waals surface area contributed by atoms with Gasteiger partial charge in [-0.1, -0.05) is 23.2 Å². The molecule has 0 N–H and O–H groups in total. The van der Waals surface area contributed by atoms with Crippen LogP contribution in [0.15, 0.2) is 24.5 Å². The van der Waals surface area contributed by atoms with E-state index in [0.29, 0.717) is 54.4 Å². The molecule has 1 aliphatic rings. The molecule has 0 atom stereocenters. The third-order valence-electron chi connectivity index (χ3n) is 6.92. The normalized spacial score (nSPS) is 14.9. The number of aromatic nitrogens is 2. The molecule has 198 valence electrons. The molecule has 0 bridgehead atoms. The number of halogens is 5. The van der Waals surface area contributed by atoms with Gasteiger partial charge in [0.1, 0.15) is 5.69 Å². The lowest BCUT2D eigenvalue weighted by molar-refractivity contribution is -0.142. The van der Waals surface area contributed by atoms with Crippen molar-refractivity contribution in [3.8, 4) is 0 Å². The molecule has 6 nitrogen and oxygen atoms in total. The zero-order chi connectivity index (χ0) is 27.1. The average Bonchev–Trinajstić information content (AvgIpc) is 3.17. The number of carbonyl (C=O) groups is 2. The molecule has 4 rings (SSSR count). The van der Waals surface area contributed by atoms with E-state index in [9.17, 15) is 22.8 Å².